The Bertz CT molecular complexity index is 1090. The normalized spacial score (nSPS) is 15.4. The van der Waals surface area contributed by atoms with Gasteiger partial charge in [0.05, 0.1) is 22.7 Å². The second kappa shape index (κ2) is 7.53. The Hall–Kier alpha value is -2.69. The van der Waals surface area contributed by atoms with Crippen molar-refractivity contribution in [2.75, 3.05) is 0 Å². The number of aryl methyl sites for hydroxylation is 2. The number of carbonyl (C=O) groups excluding carboxylic acids is 1. The summed E-state index contributed by atoms with van der Waals surface area (Å²) in [6, 6.07) is 10.6. The highest BCUT2D eigenvalue weighted by atomic mass is 16.1. The van der Waals surface area contributed by atoms with E-state index in [1.54, 1.807) is 4.68 Å². The van der Waals surface area contributed by atoms with E-state index in [4.69, 9.17) is 4.98 Å². The van der Waals surface area contributed by atoms with Gasteiger partial charge in [-0.15, -0.1) is 0 Å². The summed E-state index contributed by atoms with van der Waals surface area (Å²) < 4.78 is 1.79. The van der Waals surface area contributed by atoms with E-state index in [1.165, 1.54) is 5.56 Å². The smallest absolute Gasteiger partial charge is 0.252 e. The number of hydrogen-bond acceptors (Lipinski definition) is 3. The van der Waals surface area contributed by atoms with E-state index in [0.29, 0.717) is 11.5 Å². The summed E-state index contributed by atoms with van der Waals surface area (Å²) in [6.07, 6.45) is 3.12. The Morgan fingerprint density at radius 3 is 2.47 bits per heavy atom. The maximum Gasteiger partial charge on any atom is 0.252 e. The fourth-order valence-corrected chi connectivity index (χ4v) is 4.10. The Morgan fingerprint density at radius 2 is 1.90 bits per heavy atom. The molecule has 2 heterocycles. The summed E-state index contributed by atoms with van der Waals surface area (Å²) in [5, 5.41) is 8.65. The first-order valence-electron chi connectivity index (χ1n) is 10.9. The molecule has 0 spiro atoms. The van der Waals surface area contributed by atoms with E-state index in [1.807, 2.05) is 20.0 Å². The van der Waals surface area contributed by atoms with Crippen LogP contribution in [0.25, 0.3) is 11.0 Å². The van der Waals surface area contributed by atoms with Crippen LogP contribution in [0.3, 0.4) is 0 Å². The fourth-order valence-electron chi connectivity index (χ4n) is 4.10. The maximum absolute atomic E-state index is 13.4. The Kier molecular flexibility index (Phi) is 5.16. The quantitative estimate of drug-likeness (QED) is 0.625. The van der Waals surface area contributed by atoms with Gasteiger partial charge in [-0.3, -0.25) is 9.48 Å². The Labute approximate surface area is 178 Å². The number of fused-ring (bicyclic) bond motifs is 1. The van der Waals surface area contributed by atoms with Crippen LogP contribution >= 0.6 is 0 Å². The summed E-state index contributed by atoms with van der Waals surface area (Å²) in [4.78, 5) is 18.2. The summed E-state index contributed by atoms with van der Waals surface area (Å²) >= 11 is 0. The number of hydrogen-bond donors (Lipinski definition) is 1. The van der Waals surface area contributed by atoms with Crippen molar-refractivity contribution in [3.05, 3.63) is 58.4 Å². The van der Waals surface area contributed by atoms with E-state index in [2.05, 4.69) is 62.4 Å². The van der Waals surface area contributed by atoms with Crippen molar-refractivity contribution in [2.24, 2.45) is 7.05 Å². The van der Waals surface area contributed by atoms with Crippen molar-refractivity contribution in [1.29, 1.82) is 0 Å². The molecule has 158 valence electrons. The Morgan fingerprint density at radius 1 is 1.23 bits per heavy atom. The van der Waals surface area contributed by atoms with Crippen LogP contribution in [0, 0.1) is 6.92 Å². The highest BCUT2D eigenvalue weighted by Crippen LogP contribution is 2.40. The molecule has 0 unspecified atom stereocenters. The molecule has 1 N–H and O–H groups in total. The summed E-state index contributed by atoms with van der Waals surface area (Å²) in [6.45, 7) is 10.7. The second-order valence-electron chi connectivity index (χ2n) is 9.58. The highest BCUT2D eigenvalue weighted by Gasteiger charge is 2.29. The third-order valence-corrected chi connectivity index (χ3v) is 6.12. The van der Waals surface area contributed by atoms with Crippen LogP contribution in [-0.4, -0.2) is 20.7 Å². The SMILES string of the molecule is CC[C@@H](NC(=O)c1cc(C2CC2)nc2c1c(C)nn2C)c1ccc(C(C)(C)C)cc1. The molecule has 1 atom stereocenters. The Balaban J connectivity index is 1.66. The molecule has 5 heteroatoms. The van der Waals surface area contributed by atoms with E-state index in [0.717, 1.165) is 47.2 Å². The van der Waals surface area contributed by atoms with Crippen LogP contribution in [0.5, 0.6) is 0 Å². The third-order valence-electron chi connectivity index (χ3n) is 6.12. The topological polar surface area (TPSA) is 59.8 Å². The zero-order chi connectivity index (χ0) is 21.6. The van der Waals surface area contributed by atoms with Crippen LogP contribution in [0.15, 0.2) is 30.3 Å². The lowest BCUT2D eigenvalue weighted by atomic mass is 9.86. The van der Waals surface area contributed by atoms with E-state index in [-0.39, 0.29) is 17.4 Å². The van der Waals surface area contributed by atoms with E-state index < -0.39 is 0 Å². The van der Waals surface area contributed by atoms with Crippen molar-refractivity contribution in [1.82, 2.24) is 20.1 Å². The van der Waals surface area contributed by atoms with Crippen LogP contribution in [0.4, 0.5) is 0 Å². The molecule has 1 fully saturated rings. The van der Waals surface area contributed by atoms with Gasteiger partial charge in [-0.1, -0.05) is 52.0 Å². The second-order valence-corrected chi connectivity index (χ2v) is 9.58. The molecule has 1 amide bonds. The molecule has 1 aliphatic rings. The fraction of sp³-hybridized carbons (Fsp3) is 0.480. The summed E-state index contributed by atoms with van der Waals surface area (Å²) in [7, 11) is 1.90. The standard InChI is InChI=1S/C25H32N4O/c1-7-20(16-10-12-18(13-11-16)25(3,4)5)27-24(30)19-14-21(17-8-9-17)26-23-22(19)15(2)28-29(23)6/h10-14,17,20H,7-9H2,1-6H3,(H,27,30)/t20-/m1/s1. The van der Waals surface area contributed by atoms with Crippen molar-refractivity contribution in [3.63, 3.8) is 0 Å². The third kappa shape index (κ3) is 3.85. The van der Waals surface area contributed by atoms with Crippen LogP contribution in [0.2, 0.25) is 0 Å². The van der Waals surface area contributed by atoms with Crippen molar-refractivity contribution < 1.29 is 4.79 Å². The molecule has 0 aliphatic heterocycles. The number of rotatable bonds is 5. The van der Waals surface area contributed by atoms with Gasteiger partial charge in [-0.05, 0) is 48.8 Å². The lowest BCUT2D eigenvalue weighted by molar-refractivity contribution is 0.0937. The van der Waals surface area contributed by atoms with Crippen LogP contribution in [0.1, 0.15) is 91.8 Å². The lowest BCUT2D eigenvalue weighted by Crippen LogP contribution is -2.28. The molecule has 0 bridgehead atoms. The molecular weight excluding hydrogens is 372 g/mol. The summed E-state index contributed by atoms with van der Waals surface area (Å²) in [5.74, 6) is 0.426. The number of aromatic nitrogens is 3. The van der Waals surface area contributed by atoms with E-state index in [9.17, 15) is 4.79 Å². The lowest BCUT2D eigenvalue weighted by Gasteiger charge is -2.22. The first kappa shape index (κ1) is 20.6. The van der Waals surface area contributed by atoms with Gasteiger partial charge >= 0.3 is 0 Å². The van der Waals surface area contributed by atoms with E-state index >= 15 is 0 Å². The van der Waals surface area contributed by atoms with Crippen molar-refractivity contribution in [2.45, 2.75) is 71.3 Å². The van der Waals surface area contributed by atoms with Gasteiger partial charge in [0.15, 0.2) is 5.65 Å². The zero-order valence-corrected chi connectivity index (χ0v) is 18.9. The first-order chi connectivity index (χ1) is 14.2. The maximum atomic E-state index is 13.4. The number of nitrogens with zero attached hydrogens (tertiary/aromatic N) is 3. The monoisotopic (exact) mass is 404 g/mol. The van der Waals surface area contributed by atoms with Gasteiger partial charge < -0.3 is 5.32 Å². The van der Waals surface area contributed by atoms with Gasteiger partial charge in [-0.2, -0.15) is 5.10 Å². The van der Waals surface area contributed by atoms with Gasteiger partial charge in [0.1, 0.15) is 0 Å². The number of carbonyl (C=O) groups is 1. The molecule has 5 nitrogen and oxygen atoms in total. The molecular formula is C25H32N4O. The first-order valence-corrected chi connectivity index (χ1v) is 10.9. The molecule has 30 heavy (non-hydrogen) atoms. The molecule has 2 aromatic heterocycles. The van der Waals surface area contributed by atoms with Crippen molar-refractivity contribution >= 4 is 16.9 Å². The zero-order valence-electron chi connectivity index (χ0n) is 18.9. The molecule has 1 aromatic carbocycles. The number of nitrogens with one attached hydrogen (secondary N) is 1. The van der Waals surface area contributed by atoms with Gasteiger partial charge in [-0.25, -0.2) is 4.98 Å². The largest absolute Gasteiger partial charge is 0.345 e. The minimum Gasteiger partial charge on any atom is -0.345 e. The molecule has 3 aromatic rings. The number of benzene rings is 1. The average molecular weight is 405 g/mol. The molecule has 1 aliphatic carbocycles. The minimum atomic E-state index is -0.0489. The number of pyridine rings is 1. The number of amides is 1. The summed E-state index contributed by atoms with van der Waals surface area (Å²) in [5.41, 5.74) is 5.89. The predicted octanol–water partition coefficient (Wildman–Crippen LogP) is 5.33. The van der Waals surface area contributed by atoms with Gasteiger partial charge in [0.25, 0.3) is 5.91 Å². The molecule has 4 rings (SSSR count). The van der Waals surface area contributed by atoms with Crippen LogP contribution in [-0.2, 0) is 12.5 Å². The van der Waals surface area contributed by atoms with Gasteiger partial charge in [0, 0.05) is 18.7 Å². The van der Waals surface area contributed by atoms with Crippen LogP contribution < -0.4 is 5.32 Å². The minimum absolute atomic E-state index is 0.0314. The predicted molar refractivity (Wildman–Crippen MR) is 121 cm³/mol. The van der Waals surface area contributed by atoms with Gasteiger partial charge in [0.2, 0.25) is 0 Å². The highest BCUT2D eigenvalue weighted by molar-refractivity contribution is 6.06. The average Bonchev–Trinajstić information content (AvgIpc) is 3.51. The molecule has 0 radical (unpaired) electrons. The molecule has 0 saturated heterocycles. The molecule has 1 saturated carbocycles. The van der Waals surface area contributed by atoms with Crippen molar-refractivity contribution in [3.8, 4) is 0 Å².